The smallest absolute Gasteiger partial charge is 0.410 e. The quantitative estimate of drug-likeness (QED) is 0.260. The first-order valence-electron chi connectivity index (χ1n) is 14.7. The zero-order chi connectivity index (χ0) is 33.6. The van der Waals surface area contributed by atoms with Gasteiger partial charge in [-0.15, -0.1) is 0 Å². The molecule has 0 radical (unpaired) electrons. The molecule has 5 rings (SSSR count). The van der Waals surface area contributed by atoms with Crippen LogP contribution in [0, 0.1) is 0 Å². The molecule has 3 aromatic rings. The van der Waals surface area contributed by atoms with Crippen LogP contribution in [0.3, 0.4) is 0 Å². The van der Waals surface area contributed by atoms with Gasteiger partial charge in [0.15, 0.2) is 23.0 Å². The largest absolute Gasteiger partial charge is 0.497 e. The molecule has 47 heavy (non-hydrogen) atoms. The Kier molecular flexibility index (Phi) is 9.93. The van der Waals surface area contributed by atoms with Crippen LogP contribution in [-0.4, -0.2) is 66.4 Å². The third-order valence-electron chi connectivity index (χ3n) is 7.52. The predicted molar refractivity (Wildman–Crippen MR) is 166 cm³/mol. The topological polar surface area (TPSA) is 146 Å². The average molecular weight is 650 g/mol. The summed E-state index contributed by atoms with van der Waals surface area (Å²) >= 11 is 0. The molecule has 0 fully saturated rings. The fraction of sp³-hybridized carbons (Fsp3) is 0.324. The highest BCUT2D eigenvalue weighted by Crippen LogP contribution is 2.50. The molecular formula is C34H35NO12. The molecule has 0 aromatic heterocycles. The molecule has 1 amide bonds. The van der Waals surface area contributed by atoms with Crippen molar-refractivity contribution in [3.8, 4) is 34.5 Å². The van der Waals surface area contributed by atoms with Crippen LogP contribution in [0.5, 0.6) is 34.5 Å². The van der Waals surface area contributed by atoms with Crippen molar-refractivity contribution in [3.05, 3.63) is 76.9 Å². The normalized spacial score (nSPS) is 16.3. The van der Waals surface area contributed by atoms with Crippen LogP contribution in [0.15, 0.2) is 60.2 Å². The number of hydrogen-bond donors (Lipinski definition) is 1. The van der Waals surface area contributed by atoms with Crippen LogP contribution in [0.25, 0.3) is 5.57 Å². The molecular weight excluding hydrogens is 614 g/mol. The Morgan fingerprint density at radius 2 is 1.57 bits per heavy atom. The molecule has 2 aliphatic heterocycles. The van der Waals surface area contributed by atoms with Gasteiger partial charge < -0.3 is 47.9 Å². The third kappa shape index (κ3) is 6.69. The molecule has 248 valence electrons. The van der Waals surface area contributed by atoms with Crippen molar-refractivity contribution in [3.63, 3.8) is 0 Å². The molecule has 0 saturated heterocycles. The summed E-state index contributed by atoms with van der Waals surface area (Å²) in [6.07, 6.45) is -1.00. The van der Waals surface area contributed by atoms with Gasteiger partial charge in [-0.3, -0.25) is 4.79 Å². The molecule has 0 saturated carbocycles. The molecule has 1 atom stereocenters. The van der Waals surface area contributed by atoms with Gasteiger partial charge in [0.25, 0.3) is 0 Å². The Morgan fingerprint density at radius 3 is 2.21 bits per heavy atom. The molecule has 0 spiro atoms. The number of cyclic esters (lactones) is 1. The summed E-state index contributed by atoms with van der Waals surface area (Å²) in [5.41, 5.74) is 1.83. The number of amides is 1. The molecule has 1 unspecified atom stereocenters. The monoisotopic (exact) mass is 649 g/mol. The van der Waals surface area contributed by atoms with E-state index in [1.165, 1.54) is 28.4 Å². The summed E-state index contributed by atoms with van der Waals surface area (Å²) < 4.78 is 50.2. The Morgan fingerprint density at radius 1 is 0.872 bits per heavy atom. The van der Waals surface area contributed by atoms with Crippen LogP contribution >= 0.6 is 0 Å². The maximum atomic E-state index is 14.0. The number of fused-ring (bicyclic) bond motifs is 1. The van der Waals surface area contributed by atoms with Gasteiger partial charge in [-0.2, -0.15) is 0 Å². The molecule has 3 aromatic carbocycles. The van der Waals surface area contributed by atoms with E-state index < -0.39 is 23.8 Å². The first kappa shape index (κ1) is 32.8. The number of alkyl carbamates (subject to hydrolysis) is 1. The minimum absolute atomic E-state index is 0.0222. The van der Waals surface area contributed by atoms with Crippen LogP contribution in [-0.2, 0) is 36.0 Å². The number of nitrogens with one attached hydrogen (secondary N) is 1. The van der Waals surface area contributed by atoms with Gasteiger partial charge >= 0.3 is 23.8 Å². The fourth-order valence-corrected chi connectivity index (χ4v) is 5.37. The van der Waals surface area contributed by atoms with Gasteiger partial charge in [0.2, 0.25) is 12.5 Å². The maximum Gasteiger partial charge on any atom is 0.410 e. The lowest BCUT2D eigenvalue weighted by molar-refractivity contribution is -0.185. The van der Waals surface area contributed by atoms with E-state index in [0.717, 1.165) is 0 Å². The SMILES string of the molecule is CCOC(=O)CCNC(=O)OC1(c2ccc(OC)cc2)OC(=O)C(c2ccc3c(c2)OCO3)=C1Cc1cc(OC)c(OC)c(OC)c1. The second kappa shape index (κ2) is 14.2. The molecule has 13 nitrogen and oxygen atoms in total. The summed E-state index contributed by atoms with van der Waals surface area (Å²) in [7, 11) is 5.99. The molecule has 13 heteroatoms. The van der Waals surface area contributed by atoms with Gasteiger partial charge in [-0.1, -0.05) is 6.07 Å². The minimum Gasteiger partial charge on any atom is -0.497 e. The highest BCUT2D eigenvalue weighted by molar-refractivity contribution is 6.20. The van der Waals surface area contributed by atoms with E-state index in [4.69, 9.17) is 42.6 Å². The fourth-order valence-electron chi connectivity index (χ4n) is 5.37. The van der Waals surface area contributed by atoms with E-state index in [-0.39, 0.29) is 38.4 Å². The van der Waals surface area contributed by atoms with E-state index in [2.05, 4.69) is 5.32 Å². The number of rotatable bonds is 13. The number of methoxy groups -OCH3 is 4. The molecule has 0 bridgehead atoms. The van der Waals surface area contributed by atoms with Crippen LogP contribution in [0.4, 0.5) is 4.79 Å². The number of carbonyl (C=O) groups excluding carboxylic acids is 3. The molecule has 1 N–H and O–H groups in total. The van der Waals surface area contributed by atoms with E-state index in [1.54, 1.807) is 61.5 Å². The Hall–Kier alpha value is -5.59. The van der Waals surface area contributed by atoms with Crippen molar-refractivity contribution in [2.45, 2.75) is 25.6 Å². The minimum atomic E-state index is -2.05. The molecule has 0 aliphatic carbocycles. The standard InChI is InChI=1S/C34H35NO12/c1-6-43-29(36)13-14-35-33(38)47-34(22-8-10-23(39-2)11-9-22)24(15-20-16-27(40-3)31(42-5)28(17-20)41-4)30(32(37)46-34)21-7-12-25-26(18-21)45-19-44-25/h7-12,16-18H,6,13-15,19H2,1-5H3,(H,35,38). The predicted octanol–water partition coefficient (Wildman–Crippen LogP) is 4.54. The van der Waals surface area contributed by atoms with Crippen molar-refractivity contribution in [2.24, 2.45) is 0 Å². The van der Waals surface area contributed by atoms with Crippen molar-refractivity contribution < 1.29 is 57.0 Å². The molecule has 2 heterocycles. The summed E-state index contributed by atoms with van der Waals surface area (Å²) in [5, 5.41) is 2.56. The number of hydrogen-bond acceptors (Lipinski definition) is 12. The lowest BCUT2D eigenvalue weighted by Crippen LogP contribution is -2.40. The van der Waals surface area contributed by atoms with Crippen LogP contribution in [0.1, 0.15) is 30.0 Å². The summed E-state index contributed by atoms with van der Waals surface area (Å²) in [4.78, 5) is 39.3. The van der Waals surface area contributed by atoms with Gasteiger partial charge in [0.05, 0.1) is 47.0 Å². The van der Waals surface area contributed by atoms with Gasteiger partial charge in [-0.25, -0.2) is 9.59 Å². The second-order valence-electron chi connectivity index (χ2n) is 10.2. The summed E-state index contributed by atoms with van der Waals surface area (Å²) in [6.45, 7) is 1.85. The Balaban J connectivity index is 1.67. The maximum absolute atomic E-state index is 14.0. The van der Waals surface area contributed by atoms with Crippen molar-refractivity contribution in [1.82, 2.24) is 5.32 Å². The summed E-state index contributed by atoms with van der Waals surface area (Å²) in [5.74, 6) is -0.669. The van der Waals surface area contributed by atoms with Crippen LogP contribution in [0.2, 0.25) is 0 Å². The van der Waals surface area contributed by atoms with Gasteiger partial charge in [-0.05, 0) is 66.6 Å². The summed E-state index contributed by atoms with van der Waals surface area (Å²) in [6, 6.07) is 15.1. The average Bonchev–Trinajstić information content (AvgIpc) is 3.65. The van der Waals surface area contributed by atoms with E-state index >= 15 is 0 Å². The first-order valence-corrected chi connectivity index (χ1v) is 14.7. The first-order chi connectivity index (χ1) is 22.8. The number of esters is 2. The van der Waals surface area contributed by atoms with Crippen molar-refractivity contribution >= 4 is 23.6 Å². The van der Waals surface area contributed by atoms with Gasteiger partial charge in [0.1, 0.15) is 5.75 Å². The highest BCUT2D eigenvalue weighted by atomic mass is 16.7. The van der Waals surface area contributed by atoms with E-state index in [0.29, 0.717) is 56.8 Å². The number of ether oxygens (including phenoxy) is 9. The van der Waals surface area contributed by atoms with Crippen molar-refractivity contribution in [2.75, 3.05) is 48.4 Å². The second-order valence-corrected chi connectivity index (χ2v) is 10.2. The van der Waals surface area contributed by atoms with Crippen LogP contribution < -0.4 is 33.7 Å². The Bertz CT molecular complexity index is 1660. The zero-order valence-corrected chi connectivity index (χ0v) is 26.6. The number of benzene rings is 3. The van der Waals surface area contributed by atoms with E-state index in [9.17, 15) is 14.4 Å². The zero-order valence-electron chi connectivity index (χ0n) is 26.6. The molecule has 2 aliphatic rings. The van der Waals surface area contributed by atoms with Crippen molar-refractivity contribution in [1.29, 1.82) is 0 Å². The lowest BCUT2D eigenvalue weighted by atomic mass is 9.87. The Labute approximate surface area is 271 Å². The van der Waals surface area contributed by atoms with E-state index in [1.807, 2.05) is 0 Å². The number of carbonyl (C=O) groups is 3. The highest BCUT2D eigenvalue weighted by Gasteiger charge is 2.53. The lowest BCUT2D eigenvalue weighted by Gasteiger charge is -2.31. The van der Waals surface area contributed by atoms with Gasteiger partial charge in [0, 0.05) is 24.1 Å². The third-order valence-corrected chi connectivity index (χ3v) is 7.52.